The van der Waals surface area contributed by atoms with Crippen LogP contribution in [0.4, 0.5) is 22.7 Å². The Hall–Kier alpha value is -2.14. The molecule has 2 heterocycles. The summed E-state index contributed by atoms with van der Waals surface area (Å²) in [5.74, 6) is 2.84. The number of nitrogens with zero attached hydrogens (tertiary/aromatic N) is 6. The molecule has 0 aromatic heterocycles. The van der Waals surface area contributed by atoms with Crippen LogP contribution in [0.2, 0.25) is 0 Å². The minimum absolute atomic E-state index is 0.440. The molecule has 0 spiro atoms. The van der Waals surface area contributed by atoms with E-state index < -0.39 is 10.8 Å². The molecule has 2 fully saturated rings. The average molecular weight is 844 g/mol. The molecule has 4 rings (SSSR count). The second-order valence-electron chi connectivity index (χ2n) is 12.6. The topological polar surface area (TPSA) is 99.7 Å². The SMILES string of the molecule is CCCCOc1cc(N2CCCC2)c(OCCCC)cc1[N+]#N.CCCCOc1cc(N2CCCC2)c(OCCCC)cc1[N+]#N.[Cl][Zn-2]([Cl])([Cl])[Cl]. The number of anilines is 2. The Morgan fingerprint density at radius 3 is 1.06 bits per heavy atom. The van der Waals surface area contributed by atoms with E-state index in [-0.39, 0.29) is 0 Å². The summed E-state index contributed by atoms with van der Waals surface area (Å²) in [6.07, 6.45) is 13.1. The van der Waals surface area contributed by atoms with E-state index in [1.807, 2.05) is 12.1 Å². The van der Waals surface area contributed by atoms with E-state index >= 15 is 0 Å². The summed E-state index contributed by atoms with van der Waals surface area (Å²) < 4.78 is 23.5. The molecular formula is C36H56Cl4N6O4Zn. The van der Waals surface area contributed by atoms with Gasteiger partial charge < -0.3 is 28.7 Å². The van der Waals surface area contributed by atoms with Gasteiger partial charge in [-0.15, -0.1) is 0 Å². The van der Waals surface area contributed by atoms with Crippen LogP contribution in [-0.2, 0) is 10.8 Å². The summed E-state index contributed by atoms with van der Waals surface area (Å²) in [5, 5.41) is 18.6. The van der Waals surface area contributed by atoms with Crippen molar-refractivity contribution in [1.29, 1.82) is 10.8 Å². The van der Waals surface area contributed by atoms with Gasteiger partial charge >= 0.3 is 61.0 Å². The van der Waals surface area contributed by atoms with E-state index in [1.54, 1.807) is 12.1 Å². The Balaban J connectivity index is 0.000000312. The number of unbranched alkanes of at least 4 members (excludes halogenated alkanes) is 4. The van der Waals surface area contributed by atoms with Gasteiger partial charge in [0.25, 0.3) is 0 Å². The molecule has 2 aromatic carbocycles. The van der Waals surface area contributed by atoms with Crippen molar-refractivity contribution in [3.05, 3.63) is 34.2 Å². The van der Waals surface area contributed by atoms with Crippen molar-refractivity contribution in [2.24, 2.45) is 0 Å². The molecule has 2 aliphatic heterocycles. The molecule has 0 unspecified atom stereocenters. The molecule has 0 bridgehead atoms. The van der Waals surface area contributed by atoms with Crippen LogP contribution < -0.4 is 28.7 Å². The van der Waals surface area contributed by atoms with Crippen LogP contribution >= 0.6 is 38.8 Å². The van der Waals surface area contributed by atoms with Crippen LogP contribution in [0.5, 0.6) is 23.0 Å². The van der Waals surface area contributed by atoms with Crippen LogP contribution in [0.3, 0.4) is 0 Å². The average Bonchev–Trinajstić information content (AvgIpc) is 3.85. The van der Waals surface area contributed by atoms with Gasteiger partial charge in [0, 0.05) is 38.3 Å². The third kappa shape index (κ3) is 17.5. The first-order valence-electron chi connectivity index (χ1n) is 18.7. The standard InChI is InChI=1S/2C18H28N3O2.4ClH.Zn/c2*1-3-5-11-22-17-14-16(21-9-7-8-10-21)18(13-15(17)20-19)23-12-6-4-2;;;;;/h2*13-14H,3-12H2,1-2H3;4*1H;/q2*+1;;;;;+2/p-4. The molecule has 2 aliphatic rings. The third-order valence-corrected chi connectivity index (χ3v) is 8.21. The first-order valence-corrected chi connectivity index (χ1v) is 34.3. The molecule has 0 radical (unpaired) electrons. The monoisotopic (exact) mass is 840 g/mol. The zero-order chi connectivity index (χ0) is 37.5. The third-order valence-electron chi connectivity index (χ3n) is 8.21. The van der Waals surface area contributed by atoms with Crippen molar-refractivity contribution in [2.45, 2.75) is 105 Å². The summed E-state index contributed by atoms with van der Waals surface area (Å²) in [5.41, 5.74) is 2.99. The number of hydrogen-bond donors (Lipinski definition) is 0. The van der Waals surface area contributed by atoms with Gasteiger partial charge in [0.2, 0.25) is 22.3 Å². The Labute approximate surface area is 324 Å². The Morgan fingerprint density at radius 2 is 0.804 bits per heavy atom. The van der Waals surface area contributed by atoms with Crippen LogP contribution in [0.15, 0.2) is 24.3 Å². The molecule has 0 aliphatic carbocycles. The molecule has 284 valence electrons. The molecule has 0 atom stereocenters. The maximum atomic E-state index is 9.30. The van der Waals surface area contributed by atoms with Gasteiger partial charge in [0.05, 0.1) is 49.9 Å². The quantitative estimate of drug-likeness (QED) is 0.0831. The molecule has 0 amide bonds. The predicted octanol–water partition coefficient (Wildman–Crippen LogP) is 13.0. The van der Waals surface area contributed by atoms with E-state index in [4.69, 9.17) is 57.7 Å². The molecule has 2 aromatic rings. The van der Waals surface area contributed by atoms with Crippen LogP contribution in [-0.4, -0.2) is 52.6 Å². The van der Waals surface area contributed by atoms with Crippen molar-refractivity contribution < 1.29 is 29.8 Å². The van der Waals surface area contributed by atoms with Gasteiger partial charge in [0.15, 0.2) is 21.5 Å². The van der Waals surface area contributed by atoms with Gasteiger partial charge in [-0.1, -0.05) is 53.4 Å². The fourth-order valence-electron chi connectivity index (χ4n) is 5.41. The minimum atomic E-state index is -3.36. The van der Waals surface area contributed by atoms with Crippen molar-refractivity contribution in [3.8, 4) is 23.0 Å². The van der Waals surface area contributed by atoms with Gasteiger partial charge in [-0.3, -0.25) is 0 Å². The first kappa shape index (κ1) is 45.0. The van der Waals surface area contributed by atoms with Crippen molar-refractivity contribution in [2.75, 3.05) is 62.4 Å². The number of hydrogen-bond acceptors (Lipinski definition) is 8. The van der Waals surface area contributed by atoms with E-state index in [0.29, 0.717) is 49.3 Å². The number of benzene rings is 2. The zero-order valence-corrected chi connectivity index (χ0v) is 37.0. The van der Waals surface area contributed by atoms with Crippen LogP contribution in [0.1, 0.15) is 105 Å². The van der Waals surface area contributed by atoms with Crippen LogP contribution in [0, 0.1) is 10.8 Å². The maximum absolute atomic E-state index is 9.30. The molecule has 51 heavy (non-hydrogen) atoms. The van der Waals surface area contributed by atoms with Crippen molar-refractivity contribution >= 4 is 61.5 Å². The number of diazo groups is 2. The normalized spacial score (nSPS) is 13.7. The number of rotatable bonds is 18. The summed E-state index contributed by atoms with van der Waals surface area (Å²) in [4.78, 5) is 11.4. The second kappa shape index (κ2) is 25.8. The predicted molar refractivity (Wildman–Crippen MR) is 210 cm³/mol. The van der Waals surface area contributed by atoms with E-state index in [2.05, 4.69) is 47.4 Å². The molecule has 2 saturated heterocycles. The summed E-state index contributed by atoms with van der Waals surface area (Å²) >= 11 is 0. The van der Waals surface area contributed by atoms with Crippen molar-refractivity contribution in [1.82, 2.24) is 0 Å². The summed E-state index contributed by atoms with van der Waals surface area (Å²) in [6.45, 7) is 15.3. The Morgan fingerprint density at radius 1 is 0.529 bits per heavy atom. The van der Waals surface area contributed by atoms with Gasteiger partial charge in [0.1, 0.15) is 0 Å². The number of ether oxygens (including phenoxy) is 4. The van der Waals surface area contributed by atoms with Crippen molar-refractivity contribution in [3.63, 3.8) is 0 Å². The second-order valence-corrected chi connectivity index (χ2v) is 40.3. The van der Waals surface area contributed by atoms with Gasteiger partial charge in [-0.25, -0.2) is 0 Å². The van der Waals surface area contributed by atoms with E-state index in [1.165, 1.54) is 25.7 Å². The molecule has 10 nitrogen and oxygen atoms in total. The number of halogens is 4. The zero-order valence-electron chi connectivity index (χ0n) is 31.0. The molecule has 0 N–H and O–H groups in total. The summed E-state index contributed by atoms with van der Waals surface area (Å²) in [6, 6.07) is 7.53. The fourth-order valence-corrected chi connectivity index (χ4v) is 5.41. The van der Waals surface area contributed by atoms with Gasteiger partial charge in [-0.05, 0) is 51.4 Å². The molecule has 15 heteroatoms. The fraction of sp³-hybridized carbons (Fsp3) is 0.667. The van der Waals surface area contributed by atoms with Crippen LogP contribution in [0.25, 0.3) is 9.95 Å². The summed E-state index contributed by atoms with van der Waals surface area (Å²) in [7, 11) is 16.8. The van der Waals surface area contributed by atoms with E-state index in [9.17, 15) is 10.8 Å². The Kier molecular flexibility index (Phi) is 22.8. The van der Waals surface area contributed by atoms with Gasteiger partial charge in [-0.2, -0.15) is 0 Å². The first-order chi connectivity index (χ1) is 24.6. The van der Waals surface area contributed by atoms with E-state index in [0.717, 1.165) is 100 Å². The Bertz CT molecular complexity index is 1270. The molecular weight excluding hydrogens is 788 g/mol. The molecule has 0 saturated carbocycles.